The largest absolute Gasteiger partial charge is 0.322 e. The van der Waals surface area contributed by atoms with Crippen molar-refractivity contribution in [2.24, 2.45) is 0 Å². The molecular weight excluding hydrogens is 509 g/mol. The molecule has 0 fully saturated rings. The van der Waals surface area contributed by atoms with Gasteiger partial charge in [0.15, 0.2) is 16.8 Å². The van der Waals surface area contributed by atoms with Crippen molar-refractivity contribution in [2.45, 2.75) is 18.6 Å². The van der Waals surface area contributed by atoms with E-state index in [0.717, 1.165) is 17.8 Å². The molecule has 11 heteroatoms. The van der Waals surface area contributed by atoms with Crippen molar-refractivity contribution in [3.8, 4) is 11.4 Å². The van der Waals surface area contributed by atoms with Gasteiger partial charge in [-0.15, -0.1) is 10.2 Å². The van der Waals surface area contributed by atoms with Gasteiger partial charge in [0.25, 0.3) is 0 Å². The van der Waals surface area contributed by atoms with Gasteiger partial charge in [0.1, 0.15) is 5.82 Å². The highest BCUT2D eigenvalue weighted by atomic mass is 79.9. The molecule has 0 aliphatic rings. The number of nitrogens with one attached hydrogen (secondary N) is 1. The third kappa shape index (κ3) is 5.09. The Bertz CT molecular complexity index is 1060. The van der Waals surface area contributed by atoms with E-state index in [-0.39, 0.29) is 15.9 Å². The summed E-state index contributed by atoms with van der Waals surface area (Å²) in [5.74, 6) is -1.59. The highest BCUT2D eigenvalue weighted by Gasteiger charge is 2.18. The van der Waals surface area contributed by atoms with Gasteiger partial charge in [-0.3, -0.25) is 4.79 Å². The molecule has 1 heterocycles. The van der Waals surface area contributed by atoms with Gasteiger partial charge in [-0.25, -0.2) is 8.78 Å². The van der Waals surface area contributed by atoms with Gasteiger partial charge < -0.3 is 9.88 Å². The van der Waals surface area contributed by atoms with Crippen LogP contribution in [0.15, 0.2) is 40.0 Å². The third-order valence-electron chi connectivity index (χ3n) is 3.81. The first-order chi connectivity index (χ1) is 13.8. The molecule has 0 unspecified atom stereocenters. The van der Waals surface area contributed by atoms with Crippen LogP contribution in [0.5, 0.6) is 0 Å². The van der Waals surface area contributed by atoms with Crippen LogP contribution in [-0.2, 0) is 11.3 Å². The summed E-state index contributed by atoms with van der Waals surface area (Å²) < 4.78 is 29.0. The van der Waals surface area contributed by atoms with Crippen LogP contribution < -0.4 is 5.32 Å². The minimum absolute atomic E-state index is 0.0459. The van der Waals surface area contributed by atoms with E-state index in [2.05, 4.69) is 31.4 Å². The van der Waals surface area contributed by atoms with Crippen molar-refractivity contribution in [1.82, 2.24) is 14.8 Å². The van der Waals surface area contributed by atoms with Gasteiger partial charge in [0, 0.05) is 27.7 Å². The van der Waals surface area contributed by atoms with Crippen molar-refractivity contribution >= 4 is 62.5 Å². The molecule has 1 amide bonds. The number of carbonyl (C=O) groups excluding carboxylic acids is 1. The Labute approximate surface area is 187 Å². The smallest absolute Gasteiger partial charge is 0.234 e. The van der Waals surface area contributed by atoms with E-state index in [4.69, 9.17) is 23.2 Å². The molecular formula is C18H13BrCl2F2N4OS. The Morgan fingerprint density at radius 2 is 2.00 bits per heavy atom. The van der Waals surface area contributed by atoms with E-state index in [0.29, 0.717) is 39.2 Å². The number of aromatic nitrogens is 3. The predicted octanol–water partition coefficient (Wildman–Crippen LogP) is 6.04. The van der Waals surface area contributed by atoms with Crippen LogP contribution >= 0.6 is 50.9 Å². The molecule has 152 valence electrons. The average Bonchev–Trinajstić information content (AvgIpc) is 3.05. The highest BCUT2D eigenvalue weighted by Crippen LogP contribution is 2.32. The molecule has 5 nitrogen and oxygen atoms in total. The number of hydrogen-bond donors (Lipinski definition) is 1. The van der Waals surface area contributed by atoms with E-state index in [9.17, 15) is 13.6 Å². The Balaban J connectivity index is 1.74. The van der Waals surface area contributed by atoms with Crippen molar-refractivity contribution < 1.29 is 13.6 Å². The normalized spacial score (nSPS) is 11.0. The van der Waals surface area contributed by atoms with Crippen molar-refractivity contribution in [2.75, 3.05) is 11.1 Å². The zero-order valence-corrected chi connectivity index (χ0v) is 18.8. The molecule has 0 spiro atoms. The maximum Gasteiger partial charge on any atom is 0.234 e. The third-order valence-corrected chi connectivity index (χ3v) is 5.95. The molecule has 3 rings (SSSR count). The summed E-state index contributed by atoms with van der Waals surface area (Å²) in [5.41, 5.74) is 0.543. The number of hydrogen-bond acceptors (Lipinski definition) is 4. The molecule has 1 aromatic heterocycles. The summed E-state index contributed by atoms with van der Waals surface area (Å²) in [7, 11) is 0. The number of halogens is 5. The van der Waals surface area contributed by atoms with Crippen LogP contribution in [-0.4, -0.2) is 26.4 Å². The van der Waals surface area contributed by atoms with Crippen molar-refractivity contribution in [1.29, 1.82) is 0 Å². The molecule has 0 atom stereocenters. The summed E-state index contributed by atoms with van der Waals surface area (Å²) in [6.45, 7) is 2.45. The number of anilines is 1. The zero-order chi connectivity index (χ0) is 21.1. The molecule has 0 radical (unpaired) electrons. The maximum absolute atomic E-state index is 13.9. The summed E-state index contributed by atoms with van der Waals surface area (Å²) in [6, 6.07) is 6.83. The standard InChI is InChI=1S/C18H13BrCl2F2N4OS/c1-2-27-17(11-4-3-9(20)5-13(11)21)25-26-18(27)29-8-15(28)24-16-12(19)6-10(22)7-14(16)23/h3-7H,2,8H2,1H3,(H,24,28). The SMILES string of the molecule is CCn1c(SCC(=O)Nc2c(F)cc(F)cc2Br)nnc1-c1ccc(Cl)cc1Cl. The number of rotatable bonds is 6. The fourth-order valence-corrected chi connectivity index (χ4v) is 4.32. The second-order valence-electron chi connectivity index (χ2n) is 5.76. The minimum atomic E-state index is -0.869. The lowest BCUT2D eigenvalue weighted by atomic mass is 10.2. The number of amides is 1. The van der Waals surface area contributed by atoms with Crippen molar-refractivity contribution in [3.63, 3.8) is 0 Å². The quantitative estimate of drug-likeness (QED) is 0.401. The van der Waals surface area contributed by atoms with Crippen LogP contribution in [0.2, 0.25) is 10.0 Å². The fraction of sp³-hybridized carbons (Fsp3) is 0.167. The van der Waals surface area contributed by atoms with Gasteiger partial charge in [0.2, 0.25) is 5.91 Å². The molecule has 0 aliphatic heterocycles. The molecule has 1 N–H and O–H groups in total. The van der Waals surface area contributed by atoms with Crippen LogP contribution in [0.4, 0.5) is 14.5 Å². The Hall–Kier alpha value is -1.68. The molecule has 0 saturated carbocycles. The molecule has 0 saturated heterocycles. The molecule has 0 aliphatic carbocycles. The van der Waals surface area contributed by atoms with Gasteiger partial charge in [-0.05, 0) is 47.1 Å². The number of carbonyl (C=O) groups is 1. The van der Waals surface area contributed by atoms with E-state index >= 15 is 0 Å². The molecule has 0 bridgehead atoms. The summed E-state index contributed by atoms with van der Waals surface area (Å²) >= 11 is 16.4. The lowest BCUT2D eigenvalue weighted by Crippen LogP contribution is -2.16. The van der Waals surface area contributed by atoms with E-state index in [1.165, 1.54) is 0 Å². The second-order valence-corrected chi connectivity index (χ2v) is 8.40. The summed E-state index contributed by atoms with van der Waals surface area (Å²) in [5, 5.41) is 12.2. The Morgan fingerprint density at radius 1 is 1.24 bits per heavy atom. The van der Waals surface area contributed by atoms with Crippen LogP contribution in [0.1, 0.15) is 6.92 Å². The molecule has 2 aromatic carbocycles. The lowest BCUT2D eigenvalue weighted by molar-refractivity contribution is -0.113. The first-order valence-corrected chi connectivity index (χ1v) is 10.8. The maximum atomic E-state index is 13.9. The Kier molecular flexibility index (Phi) is 7.15. The average molecular weight is 522 g/mol. The van der Waals surface area contributed by atoms with Crippen LogP contribution in [0.3, 0.4) is 0 Å². The van der Waals surface area contributed by atoms with Crippen LogP contribution in [0.25, 0.3) is 11.4 Å². The van der Waals surface area contributed by atoms with E-state index < -0.39 is 17.5 Å². The zero-order valence-electron chi connectivity index (χ0n) is 14.8. The van der Waals surface area contributed by atoms with Crippen molar-refractivity contribution in [3.05, 3.63) is 56.5 Å². The Morgan fingerprint density at radius 3 is 2.66 bits per heavy atom. The monoisotopic (exact) mass is 520 g/mol. The van der Waals surface area contributed by atoms with Gasteiger partial charge in [-0.2, -0.15) is 0 Å². The number of nitrogens with zero attached hydrogens (tertiary/aromatic N) is 3. The van der Waals surface area contributed by atoms with E-state index in [1.54, 1.807) is 18.2 Å². The molecule has 3 aromatic rings. The van der Waals surface area contributed by atoms with Gasteiger partial charge in [-0.1, -0.05) is 35.0 Å². The fourth-order valence-electron chi connectivity index (χ4n) is 2.52. The molecule has 29 heavy (non-hydrogen) atoms. The second kappa shape index (κ2) is 9.42. The topological polar surface area (TPSA) is 59.8 Å². The van der Waals surface area contributed by atoms with Crippen LogP contribution in [0, 0.1) is 11.6 Å². The minimum Gasteiger partial charge on any atom is -0.322 e. The predicted molar refractivity (Wildman–Crippen MR) is 115 cm³/mol. The van der Waals surface area contributed by atoms with Gasteiger partial charge >= 0.3 is 0 Å². The van der Waals surface area contributed by atoms with Gasteiger partial charge in [0.05, 0.1) is 16.5 Å². The number of benzene rings is 2. The number of thioether (sulfide) groups is 1. The summed E-state index contributed by atoms with van der Waals surface area (Å²) in [6.07, 6.45) is 0. The highest BCUT2D eigenvalue weighted by molar-refractivity contribution is 9.10. The lowest BCUT2D eigenvalue weighted by Gasteiger charge is -2.10. The first-order valence-electron chi connectivity index (χ1n) is 8.26. The summed E-state index contributed by atoms with van der Waals surface area (Å²) in [4.78, 5) is 12.2. The van der Waals surface area contributed by atoms with E-state index in [1.807, 2.05) is 11.5 Å². The first kappa shape index (κ1) is 22.0.